The quantitative estimate of drug-likeness (QED) is 0.543. The summed E-state index contributed by atoms with van der Waals surface area (Å²) >= 11 is 0. The highest BCUT2D eigenvalue weighted by Crippen LogP contribution is 2.18. The number of rotatable bonds is 4. The van der Waals surface area contributed by atoms with Crippen LogP contribution in [-0.2, 0) is 14.4 Å². The Morgan fingerprint density at radius 3 is 2.45 bits per heavy atom. The van der Waals surface area contributed by atoms with Gasteiger partial charge in [-0.15, -0.1) is 0 Å². The number of amides is 3. The Labute approximate surface area is 128 Å². The van der Waals surface area contributed by atoms with Crippen LogP contribution in [0.1, 0.15) is 24.0 Å². The lowest BCUT2D eigenvalue weighted by atomic mass is 10.1. The molecule has 0 bridgehead atoms. The van der Waals surface area contributed by atoms with Crippen LogP contribution in [0.2, 0.25) is 0 Å². The lowest BCUT2D eigenvalue weighted by Crippen LogP contribution is -2.50. The Balaban J connectivity index is 1.69. The van der Waals surface area contributed by atoms with E-state index < -0.39 is 17.7 Å². The predicted molar refractivity (Wildman–Crippen MR) is 78.9 cm³/mol. The number of carbonyl (C=O) groups excluding carboxylic acids is 3. The van der Waals surface area contributed by atoms with Gasteiger partial charge in [0.2, 0.25) is 0 Å². The summed E-state index contributed by atoms with van der Waals surface area (Å²) in [6, 6.07) is 5.57. The number of hydrogen-bond acceptors (Lipinski definition) is 4. The summed E-state index contributed by atoms with van der Waals surface area (Å²) in [5, 5.41) is 2.51. The molecule has 0 radical (unpaired) electrons. The van der Waals surface area contributed by atoms with Crippen LogP contribution in [0.4, 0.5) is 0 Å². The molecule has 1 fully saturated rings. The number of aryl methyl sites for hydroxylation is 2. The topological polar surface area (TPSA) is 96.5 Å². The largest absolute Gasteiger partial charge is 0.484 e. The zero-order valence-corrected chi connectivity index (χ0v) is 12.6. The summed E-state index contributed by atoms with van der Waals surface area (Å²) in [5.74, 6) is -1.63. The minimum Gasteiger partial charge on any atom is -0.484 e. The van der Waals surface area contributed by atoms with Crippen LogP contribution in [-0.4, -0.2) is 30.4 Å². The van der Waals surface area contributed by atoms with Gasteiger partial charge in [0.1, 0.15) is 5.75 Å². The molecule has 0 unspecified atom stereocenters. The van der Waals surface area contributed by atoms with Crippen molar-refractivity contribution in [2.75, 3.05) is 6.61 Å². The summed E-state index contributed by atoms with van der Waals surface area (Å²) in [5.41, 5.74) is 6.36. The highest BCUT2D eigenvalue weighted by atomic mass is 16.5. The van der Waals surface area contributed by atoms with Gasteiger partial charge < -0.3 is 10.1 Å². The molecule has 0 saturated heterocycles. The van der Waals surface area contributed by atoms with Crippen molar-refractivity contribution in [1.82, 2.24) is 16.2 Å². The first kappa shape index (κ1) is 15.8. The van der Waals surface area contributed by atoms with Crippen molar-refractivity contribution in [1.29, 1.82) is 0 Å². The van der Waals surface area contributed by atoms with Gasteiger partial charge in [0.05, 0.1) is 0 Å². The number of nitrogens with one attached hydrogen (secondary N) is 3. The summed E-state index contributed by atoms with van der Waals surface area (Å²) in [7, 11) is 0. The highest BCUT2D eigenvalue weighted by molar-refractivity contribution is 6.35. The van der Waals surface area contributed by atoms with Crippen molar-refractivity contribution in [3.05, 3.63) is 29.3 Å². The van der Waals surface area contributed by atoms with Crippen LogP contribution >= 0.6 is 0 Å². The fourth-order valence-electron chi connectivity index (χ4n) is 1.65. The average molecular weight is 305 g/mol. The van der Waals surface area contributed by atoms with E-state index in [0.717, 1.165) is 24.0 Å². The van der Waals surface area contributed by atoms with Crippen molar-refractivity contribution >= 4 is 17.7 Å². The molecular formula is C15H19N3O4. The second-order valence-corrected chi connectivity index (χ2v) is 5.28. The van der Waals surface area contributed by atoms with Crippen molar-refractivity contribution in [2.24, 2.45) is 0 Å². The second-order valence-electron chi connectivity index (χ2n) is 5.28. The Hall–Kier alpha value is -2.57. The third kappa shape index (κ3) is 4.76. The van der Waals surface area contributed by atoms with Gasteiger partial charge in [-0.05, 0) is 49.9 Å². The van der Waals surface area contributed by atoms with E-state index in [1.807, 2.05) is 31.4 Å². The molecule has 1 aliphatic rings. The van der Waals surface area contributed by atoms with E-state index in [0.29, 0.717) is 5.75 Å². The zero-order valence-electron chi connectivity index (χ0n) is 12.6. The Bertz CT molecular complexity index is 596. The molecule has 0 aliphatic heterocycles. The van der Waals surface area contributed by atoms with Crippen LogP contribution in [0.5, 0.6) is 5.75 Å². The van der Waals surface area contributed by atoms with Crippen molar-refractivity contribution in [3.8, 4) is 5.75 Å². The molecule has 0 atom stereocenters. The standard InChI is InChI=1S/C15H19N3O4/c1-9-3-6-12(7-10(9)2)22-8-13(19)17-18-15(21)14(20)16-11-4-5-11/h3,6-7,11H,4-5,8H2,1-2H3,(H,16,20)(H,17,19)(H,18,21). The molecule has 1 saturated carbocycles. The minimum absolute atomic E-state index is 0.0852. The first-order valence-electron chi connectivity index (χ1n) is 7.05. The molecule has 7 nitrogen and oxygen atoms in total. The normalized spacial score (nSPS) is 13.2. The summed E-state index contributed by atoms with van der Waals surface area (Å²) < 4.78 is 5.31. The van der Waals surface area contributed by atoms with Crippen LogP contribution in [0, 0.1) is 13.8 Å². The van der Waals surface area contributed by atoms with Crippen molar-refractivity contribution < 1.29 is 19.1 Å². The predicted octanol–water partition coefficient (Wildman–Crippen LogP) is 0.108. The van der Waals surface area contributed by atoms with Gasteiger partial charge in [0.25, 0.3) is 5.91 Å². The summed E-state index contributed by atoms with van der Waals surface area (Å²) in [6.45, 7) is 3.67. The highest BCUT2D eigenvalue weighted by Gasteiger charge is 2.26. The van der Waals surface area contributed by atoms with Gasteiger partial charge in [0, 0.05) is 6.04 Å². The number of ether oxygens (including phenoxy) is 1. The number of carbonyl (C=O) groups is 3. The molecule has 1 aliphatic carbocycles. The van der Waals surface area contributed by atoms with E-state index in [1.54, 1.807) is 6.07 Å². The van der Waals surface area contributed by atoms with Gasteiger partial charge in [-0.25, -0.2) is 0 Å². The van der Waals surface area contributed by atoms with Gasteiger partial charge >= 0.3 is 11.8 Å². The molecule has 0 heterocycles. The molecule has 22 heavy (non-hydrogen) atoms. The van der Waals surface area contributed by atoms with E-state index in [1.165, 1.54) is 0 Å². The smallest absolute Gasteiger partial charge is 0.327 e. The van der Waals surface area contributed by atoms with E-state index in [4.69, 9.17) is 4.74 Å². The maximum absolute atomic E-state index is 11.5. The van der Waals surface area contributed by atoms with Gasteiger partial charge in [-0.1, -0.05) is 6.07 Å². The fourth-order valence-corrected chi connectivity index (χ4v) is 1.65. The number of hydrazine groups is 1. The lowest BCUT2D eigenvalue weighted by molar-refractivity contribution is -0.141. The van der Waals surface area contributed by atoms with Gasteiger partial charge in [0.15, 0.2) is 6.61 Å². The third-order valence-corrected chi connectivity index (χ3v) is 3.28. The first-order valence-corrected chi connectivity index (χ1v) is 7.05. The SMILES string of the molecule is Cc1ccc(OCC(=O)NNC(=O)C(=O)NC2CC2)cc1C. The molecule has 0 aromatic heterocycles. The summed E-state index contributed by atoms with van der Waals surface area (Å²) in [6.07, 6.45) is 1.77. The fraction of sp³-hybridized carbons (Fsp3) is 0.400. The third-order valence-electron chi connectivity index (χ3n) is 3.28. The van der Waals surface area contributed by atoms with E-state index in [2.05, 4.69) is 10.7 Å². The second kappa shape index (κ2) is 6.93. The summed E-state index contributed by atoms with van der Waals surface area (Å²) in [4.78, 5) is 34.3. The van der Waals surface area contributed by atoms with E-state index in [-0.39, 0.29) is 12.6 Å². The minimum atomic E-state index is -0.897. The molecule has 2 rings (SSSR count). The van der Waals surface area contributed by atoms with E-state index >= 15 is 0 Å². The maximum atomic E-state index is 11.5. The van der Waals surface area contributed by atoms with Crippen LogP contribution in [0.25, 0.3) is 0 Å². The zero-order chi connectivity index (χ0) is 16.1. The Kier molecular flexibility index (Phi) is 4.98. The van der Waals surface area contributed by atoms with Crippen LogP contribution in [0.3, 0.4) is 0 Å². The molecule has 7 heteroatoms. The van der Waals surface area contributed by atoms with Crippen molar-refractivity contribution in [3.63, 3.8) is 0 Å². The monoisotopic (exact) mass is 305 g/mol. The first-order chi connectivity index (χ1) is 10.5. The molecule has 3 amide bonds. The molecule has 1 aromatic carbocycles. The number of hydrogen-bond donors (Lipinski definition) is 3. The van der Waals surface area contributed by atoms with Crippen LogP contribution < -0.4 is 20.9 Å². The average Bonchev–Trinajstić information content (AvgIpc) is 3.29. The lowest BCUT2D eigenvalue weighted by Gasteiger charge is -2.09. The van der Waals surface area contributed by atoms with Crippen molar-refractivity contribution in [2.45, 2.75) is 32.7 Å². The Morgan fingerprint density at radius 1 is 1.09 bits per heavy atom. The molecule has 0 spiro atoms. The molecular weight excluding hydrogens is 286 g/mol. The van der Waals surface area contributed by atoms with E-state index in [9.17, 15) is 14.4 Å². The van der Waals surface area contributed by atoms with Crippen LogP contribution in [0.15, 0.2) is 18.2 Å². The van der Waals surface area contributed by atoms with Gasteiger partial charge in [-0.3, -0.25) is 25.2 Å². The maximum Gasteiger partial charge on any atom is 0.327 e. The van der Waals surface area contributed by atoms with Gasteiger partial charge in [-0.2, -0.15) is 0 Å². The molecule has 3 N–H and O–H groups in total. The molecule has 1 aromatic rings. The Morgan fingerprint density at radius 2 is 1.82 bits per heavy atom. The number of benzene rings is 1. The molecule has 118 valence electrons.